The molecular weight excluding hydrogens is 162 g/mol. The molecule has 1 rings (SSSR count). The lowest BCUT2D eigenvalue weighted by Gasteiger charge is -2.27. The molecule has 1 aliphatic carbocycles. The summed E-state index contributed by atoms with van der Waals surface area (Å²) in [7, 11) is 0. The van der Waals surface area contributed by atoms with Crippen molar-refractivity contribution in [3.05, 3.63) is 0 Å². The first-order valence-corrected chi connectivity index (χ1v) is 5.24. The van der Waals surface area contributed by atoms with E-state index in [4.69, 9.17) is 0 Å². The fourth-order valence-electron chi connectivity index (χ4n) is 1.65. The Balaban J connectivity index is 2.20. The molecule has 76 valence electrons. The van der Waals surface area contributed by atoms with Gasteiger partial charge in [0.25, 0.3) is 0 Å². The number of ketones is 1. The van der Waals surface area contributed by atoms with Gasteiger partial charge in [-0.15, -0.1) is 0 Å². The van der Waals surface area contributed by atoms with Crippen LogP contribution in [0.1, 0.15) is 46.5 Å². The Morgan fingerprint density at radius 3 is 2.31 bits per heavy atom. The lowest BCUT2D eigenvalue weighted by Crippen LogP contribution is -2.39. The van der Waals surface area contributed by atoms with Crippen LogP contribution in [0.25, 0.3) is 0 Å². The molecule has 13 heavy (non-hydrogen) atoms. The summed E-state index contributed by atoms with van der Waals surface area (Å²) in [5.41, 5.74) is 0.210. The highest BCUT2D eigenvalue weighted by Crippen LogP contribution is 2.21. The van der Waals surface area contributed by atoms with E-state index in [0.717, 1.165) is 38.1 Å². The Morgan fingerprint density at radius 1 is 1.31 bits per heavy atom. The van der Waals surface area contributed by atoms with Crippen molar-refractivity contribution < 1.29 is 4.79 Å². The topological polar surface area (TPSA) is 29.1 Å². The summed E-state index contributed by atoms with van der Waals surface area (Å²) in [6, 6.07) is 0. The van der Waals surface area contributed by atoms with E-state index in [1.807, 2.05) is 0 Å². The van der Waals surface area contributed by atoms with Crippen molar-refractivity contribution >= 4 is 5.78 Å². The molecule has 0 saturated heterocycles. The summed E-state index contributed by atoms with van der Waals surface area (Å²) in [5.74, 6) is 1.17. The summed E-state index contributed by atoms with van der Waals surface area (Å²) >= 11 is 0. The maximum atomic E-state index is 11.0. The van der Waals surface area contributed by atoms with Gasteiger partial charge in [0.15, 0.2) is 0 Å². The highest BCUT2D eigenvalue weighted by atomic mass is 16.1. The van der Waals surface area contributed by atoms with Gasteiger partial charge in [0.1, 0.15) is 5.78 Å². The quantitative estimate of drug-likeness (QED) is 0.710. The van der Waals surface area contributed by atoms with Crippen molar-refractivity contribution in [2.24, 2.45) is 5.92 Å². The predicted molar refractivity (Wildman–Crippen MR) is 54.7 cm³/mol. The Hall–Kier alpha value is -0.370. The Labute approximate surface area is 81.1 Å². The van der Waals surface area contributed by atoms with Crippen LogP contribution in [0.15, 0.2) is 0 Å². The molecule has 1 N–H and O–H groups in total. The Morgan fingerprint density at radius 2 is 1.85 bits per heavy atom. The van der Waals surface area contributed by atoms with Gasteiger partial charge in [-0.25, -0.2) is 0 Å². The first kappa shape index (κ1) is 10.7. The van der Waals surface area contributed by atoms with Crippen LogP contribution in [0, 0.1) is 5.92 Å². The van der Waals surface area contributed by atoms with Crippen molar-refractivity contribution in [3.8, 4) is 0 Å². The number of nitrogens with one attached hydrogen (secondary N) is 1. The fourth-order valence-corrected chi connectivity index (χ4v) is 1.65. The molecule has 0 aromatic carbocycles. The molecule has 0 unspecified atom stereocenters. The zero-order valence-electron chi connectivity index (χ0n) is 9.02. The van der Waals surface area contributed by atoms with Crippen LogP contribution in [0.4, 0.5) is 0 Å². The van der Waals surface area contributed by atoms with E-state index in [0.29, 0.717) is 5.78 Å². The molecule has 0 atom stereocenters. The lowest BCUT2D eigenvalue weighted by molar-refractivity contribution is -0.120. The second-order valence-corrected chi connectivity index (χ2v) is 5.11. The minimum atomic E-state index is 0.210. The molecule has 0 heterocycles. The molecule has 1 saturated carbocycles. The van der Waals surface area contributed by atoms with Gasteiger partial charge in [0.05, 0.1) is 0 Å². The molecule has 0 aliphatic heterocycles. The van der Waals surface area contributed by atoms with Crippen molar-refractivity contribution in [1.29, 1.82) is 0 Å². The highest BCUT2D eigenvalue weighted by Gasteiger charge is 2.20. The number of Topliss-reactive ketones (excluding diaryl/α,β-unsaturated/α-hetero) is 1. The standard InChI is InChI=1S/C11H21NO/c1-11(2,3)12-8-9-4-6-10(13)7-5-9/h9,12H,4-8H2,1-3H3. The van der Waals surface area contributed by atoms with Crippen LogP contribution >= 0.6 is 0 Å². The van der Waals surface area contributed by atoms with E-state index in [1.54, 1.807) is 0 Å². The molecule has 0 aromatic heterocycles. The summed E-state index contributed by atoms with van der Waals surface area (Å²) in [4.78, 5) is 11.0. The van der Waals surface area contributed by atoms with Gasteiger partial charge in [-0.3, -0.25) is 4.79 Å². The number of carbonyl (C=O) groups excluding carboxylic acids is 1. The third kappa shape index (κ3) is 4.41. The molecule has 2 heteroatoms. The van der Waals surface area contributed by atoms with Crippen molar-refractivity contribution in [2.45, 2.75) is 52.0 Å². The Bertz CT molecular complexity index is 171. The van der Waals surface area contributed by atoms with Gasteiger partial charge in [0.2, 0.25) is 0 Å². The molecule has 0 radical (unpaired) electrons. The second-order valence-electron chi connectivity index (χ2n) is 5.11. The SMILES string of the molecule is CC(C)(C)NCC1CCC(=O)CC1. The lowest BCUT2D eigenvalue weighted by atomic mass is 9.88. The fraction of sp³-hybridized carbons (Fsp3) is 0.909. The van der Waals surface area contributed by atoms with E-state index in [-0.39, 0.29) is 5.54 Å². The minimum absolute atomic E-state index is 0.210. The molecule has 0 amide bonds. The smallest absolute Gasteiger partial charge is 0.132 e. The largest absolute Gasteiger partial charge is 0.312 e. The molecule has 1 aliphatic rings. The average Bonchev–Trinajstić information content (AvgIpc) is 2.02. The van der Waals surface area contributed by atoms with Gasteiger partial charge >= 0.3 is 0 Å². The van der Waals surface area contributed by atoms with Crippen LogP contribution in [0.3, 0.4) is 0 Å². The first-order chi connectivity index (χ1) is 5.97. The first-order valence-electron chi connectivity index (χ1n) is 5.24. The van der Waals surface area contributed by atoms with Gasteiger partial charge in [-0.1, -0.05) is 0 Å². The summed E-state index contributed by atoms with van der Waals surface area (Å²) in [6.07, 6.45) is 3.77. The average molecular weight is 183 g/mol. The minimum Gasteiger partial charge on any atom is -0.312 e. The van der Waals surface area contributed by atoms with Crippen LogP contribution in [0.5, 0.6) is 0 Å². The number of rotatable bonds is 2. The van der Waals surface area contributed by atoms with Crippen LogP contribution in [0.2, 0.25) is 0 Å². The molecule has 0 spiro atoms. The predicted octanol–water partition coefficient (Wildman–Crippen LogP) is 2.13. The third-order valence-electron chi connectivity index (χ3n) is 2.58. The van der Waals surface area contributed by atoms with Crippen molar-refractivity contribution in [1.82, 2.24) is 5.32 Å². The normalized spacial score (nSPS) is 20.7. The zero-order valence-corrected chi connectivity index (χ0v) is 9.02. The van der Waals surface area contributed by atoms with E-state index in [2.05, 4.69) is 26.1 Å². The maximum absolute atomic E-state index is 11.0. The van der Waals surface area contributed by atoms with Crippen LogP contribution < -0.4 is 5.32 Å². The van der Waals surface area contributed by atoms with E-state index >= 15 is 0 Å². The number of carbonyl (C=O) groups is 1. The molecule has 0 bridgehead atoms. The van der Waals surface area contributed by atoms with Crippen molar-refractivity contribution in [3.63, 3.8) is 0 Å². The third-order valence-corrected chi connectivity index (χ3v) is 2.58. The molecule has 1 fully saturated rings. The maximum Gasteiger partial charge on any atom is 0.132 e. The van der Waals surface area contributed by atoms with E-state index in [9.17, 15) is 4.79 Å². The van der Waals surface area contributed by atoms with Gasteiger partial charge in [0, 0.05) is 18.4 Å². The number of hydrogen-bond acceptors (Lipinski definition) is 2. The van der Waals surface area contributed by atoms with Crippen LogP contribution in [-0.4, -0.2) is 17.9 Å². The zero-order chi connectivity index (χ0) is 9.90. The van der Waals surface area contributed by atoms with Crippen molar-refractivity contribution in [2.75, 3.05) is 6.54 Å². The van der Waals surface area contributed by atoms with Gasteiger partial charge in [-0.05, 0) is 46.1 Å². The summed E-state index contributed by atoms with van der Waals surface area (Å²) < 4.78 is 0. The highest BCUT2D eigenvalue weighted by molar-refractivity contribution is 5.79. The van der Waals surface area contributed by atoms with Gasteiger partial charge in [-0.2, -0.15) is 0 Å². The molecule has 2 nitrogen and oxygen atoms in total. The van der Waals surface area contributed by atoms with Crippen LogP contribution in [-0.2, 0) is 4.79 Å². The second kappa shape index (κ2) is 4.23. The molecular formula is C11H21NO. The summed E-state index contributed by atoms with van der Waals surface area (Å²) in [5, 5.41) is 3.50. The number of hydrogen-bond donors (Lipinski definition) is 1. The monoisotopic (exact) mass is 183 g/mol. The van der Waals surface area contributed by atoms with Gasteiger partial charge < -0.3 is 5.32 Å². The molecule has 0 aromatic rings. The van der Waals surface area contributed by atoms with E-state index in [1.165, 1.54) is 0 Å². The summed E-state index contributed by atoms with van der Waals surface area (Å²) in [6.45, 7) is 7.61. The Kier molecular flexibility index (Phi) is 3.48. The van der Waals surface area contributed by atoms with E-state index < -0.39 is 0 Å².